The topological polar surface area (TPSA) is 55.6 Å². The van der Waals surface area contributed by atoms with Crippen molar-refractivity contribution >= 4 is 5.91 Å². The molecule has 1 saturated heterocycles. The Morgan fingerprint density at radius 3 is 2.94 bits per heavy atom. The van der Waals surface area contributed by atoms with Gasteiger partial charge in [0.2, 0.25) is 0 Å². The lowest BCUT2D eigenvalue weighted by atomic mass is 10.2. The van der Waals surface area contributed by atoms with Crippen LogP contribution in [0.1, 0.15) is 48.9 Å². The van der Waals surface area contributed by atoms with E-state index >= 15 is 0 Å². The summed E-state index contributed by atoms with van der Waals surface area (Å²) in [6, 6.07) is 1.89. The van der Waals surface area contributed by atoms with Crippen LogP contribution >= 0.6 is 0 Å². The molecule has 2 fully saturated rings. The van der Waals surface area contributed by atoms with Gasteiger partial charge in [-0.1, -0.05) is 5.16 Å². The van der Waals surface area contributed by atoms with Crippen molar-refractivity contribution in [3.8, 4) is 0 Å². The van der Waals surface area contributed by atoms with Crippen molar-refractivity contribution in [1.29, 1.82) is 0 Å². The molecule has 1 aromatic rings. The molecule has 18 heavy (non-hydrogen) atoms. The van der Waals surface area contributed by atoms with E-state index in [4.69, 9.17) is 9.26 Å². The van der Waals surface area contributed by atoms with E-state index in [1.54, 1.807) is 6.07 Å². The third-order valence-electron chi connectivity index (χ3n) is 3.60. The van der Waals surface area contributed by atoms with Gasteiger partial charge in [0.25, 0.3) is 5.91 Å². The van der Waals surface area contributed by atoms with Crippen LogP contribution in [0.5, 0.6) is 0 Å². The number of amides is 1. The largest absolute Gasteiger partial charge is 0.375 e. The fourth-order valence-electron chi connectivity index (χ4n) is 2.28. The molecule has 0 bridgehead atoms. The standard InChI is InChI=1S/C13H18N2O3/c1-8-7-17-9(2)6-15(8)13(16)11-5-12(18-14-11)10-3-4-10/h5,8-10H,3-4,6-7H2,1-2H3/t8-,9-/m0/s1. The van der Waals surface area contributed by atoms with Crippen LogP contribution in [0, 0.1) is 0 Å². The highest BCUT2D eigenvalue weighted by Gasteiger charge is 2.32. The van der Waals surface area contributed by atoms with E-state index in [2.05, 4.69) is 5.16 Å². The van der Waals surface area contributed by atoms with Crippen LogP contribution in [-0.2, 0) is 4.74 Å². The van der Waals surface area contributed by atoms with E-state index in [-0.39, 0.29) is 18.1 Å². The molecule has 1 aliphatic carbocycles. The molecule has 1 aromatic heterocycles. The Balaban J connectivity index is 1.75. The quantitative estimate of drug-likeness (QED) is 0.803. The zero-order valence-corrected chi connectivity index (χ0v) is 10.8. The molecule has 5 heteroatoms. The molecule has 2 aliphatic rings. The van der Waals surface area contributed by atoms with Crippen molar-refractivity contribution in [3.63, 3.8) is 0 Å². The molecule has 98 valence electrons. The second-order valence-electron chi connectivity index (χ2n) is 5.34. The predicted molar refractivity (Wildman–Crippen MR) is 64.4 cm³/mol. The Kier molecular flexibility index (Phi) is 2.86. The number of morpholine rings is 1. The number of ether oxygens (including phenoxy) is 1. The van der Waals surface area contributed by atoms with E-state index in [0.717, 1.165) is 18.6 Å². The number of hydrogen-bond donors (Lipinski definition) is 0. The van der Waals surface area contributed by atoms with E-state index in [9.17, 15) is 4.79 Å². The third kappa shape index (κ3) is 2.14. The molecule has 1 aliphatic heterocycles. The molecular formula is C13H18N2O3. The number of carbonyl (C=O) groups is 1. The smallest absolute Gasteiger partial charge is 0.276 e. The van der Waals surface area contributed by atoms with Gasteiger partial charge < -0.3 is 14.2 Å². The van der Waals surface area contributed by atoms with Crippen LogP contribution < -0.4 is 0 Å². The van der Waals surface area contributed by atoms with Crippen molar-refractivity contribution < 1.29 is 14.1 Å². The second kappa shape index (κ2) is 4.39. The van der Waals surface area contributed by atoms with Gasteiger partial charge in [-0.05, 0) is 26.7 Å². The summed E-state index contributed by atoms with van der Waals surface area (Å²) in [6.45, 7) is 5.17. The molecule has 0 spiro atoms. The van der Waals surface area contributed by atoms with E-state index in [1.165, 1.54) is 0 Å². The number of hydrogen-bond acceptors (Lipinski definition) is 4. The fourth-order valence-corrected chi connectivity index (χ4v) is 2.28. The maximum atomic E-state index is 12.4. The van der Waals surface area contributed by atoms with Gasteiger partial charge in [0.05, 0.1) is 18.8 Å². The van der Waals surface area contributed by atoms with Crippen molar-refractivity contribution in [2.24, 2.45) is 0 Å². The lowest BCUT2D eigenvalue weighted by Crippen LogP contribution is -2.50. The number of rotatable bonds is 2. The molecule has 3 rings (SSSR count). The number of aromatic nitrogens is 1. The van der Waals surface area contributed by atoms with E-state index in [1.807, 2.05) is 18.7 Å². The molecule has 2 heterocycles. The molecule has 0 aromatic carbocycles. The Bertz CT molecular complexity index is 453. The van der Waals surface area contributed by atoms with Crippen molar-refractivity contribution in [1.82, 2.24) is 10.1 Å². The molecule has 1 saturated carbocycles. The lowest BCUT2D eigenvalue weighted by molar-refractivity contribution is -0.0390. The molecule has 0 radical (unpaired) electrons. The first-order chi connectivity index (χ1) is 8.65. The minimum absolute atomic E-state index is 0.0479. The Hall–Kier alpha value is -1.36. The average Bonchev–Trinajstić information content (AvgIpc) is 3.09. The minimum Gasteiger partial charge on any atom is -0.375 e. The average molecular weight is 250 g/mol. The van der Waals surface area contributed by atoms with Crippen molar-refractivity contribution in [2.45, 2.75) is 44.8 Å². The summed E-state index contributed by atoms with van der Waals surface area (Å²) < 4.78 is 10.8. The number of nitrogens with zero attached hydrogens (tertiary/aromatic N) is 2. The summed E-state index contributed by atoms with van der Waals surface area (Å²) >= 11 is 0. The summed E-state index contributed by atoms with van der Waals surface area (Å²) in [5, 5.41) is 3.91. The predicted octanol–water partition coefficient (Wildman–Crippen LogP) is 1.80. The van der Waals surface area contributed by atoms with Crippen LogP contribution in [-0.4, -0.2) is 41.3 Å². The highest BCUT2D eigenvalue weighted by molar-refractivity contribution is 5.92. The van der Waals surface area contributed by atoms with Gasteiger partial charge in [0.1, 0.15) is 5.76 Å². The van der Waals surface area contributed by atoms with Gasteiger partial charge >= 0.3 is 0 Å². The van der Waals surface area contributed by atoms with Crippen molar-refractivity contribution in [2.75, 3.05) is 13.2 Å². The first-order valence-electron chi connectivity index (χ1n) is 6.54. The van der Waals surface area contributed by atoms with Gasteiger partial charge in [0, 0.05) is 18.5 Å². The molecule has 0 unspecified atom stereocenters. The van der Waals surface area contributed by atoms with Crippen LogP contribution in [0.25, 0.3) is 0 Å². The summed E-state index contributed by atoms with van der Waals surface area (Å²) in [6.07, 6.45) is 2.38. The van der Waals surface area contributed by atoms with Gasteiger partial charge in [0.15, 0.2) is 5.69 Å². The van der Waals surface area contributed by atoms with Crippen LogP contribution in [0.3, 0.4) is 0 Å². The molecule has 2 atom stereocenters. The Labute approximate surface area is 106 Å². The summed E-state index contributed by atoms with van der Waals surface area (Å²) in [4.78, 5) is 14.2. The molecule has 1 amide bonds. The maximum absolute atomic E-state index is 12.4. The van der Waals surface area contributed by atoms with Crippen LogP contribution in [0.2, 0.25) is 0 Å². The van der Waals surface area contributed by atoms with Gasteiger partial charge in [-0.25, -0.2) is 0 Å². The van der Waals surface area contributed by atoms with Gasteiger partial charge in [-0.2, -0.15) is 0 Å². The minimum atomic E-state index is -0.0479. The van der Waals surface area contributed by atoms with Crippen molar-refractivity contribution in [3.05, 3.63) is 17.5 Å². The first kappa shape index (κ1) is 11.7. The maximum Gasteiger partial charge on any atom is 0.276 e. The van der Waals surface area contributed by atoms with E-state index in [0.29, 0.717) is 24.8 Å². The van der Waals surface area contributed by atoms with E-state index < -0.39 is 0 Å². The molecular weight excluding hydrogens is 232 g/mol. The summed E-state index contributed by atoms with van der Waals surface area (Å²) in [5.74, 6) is 1.29. The zero-order chi connectivity index (χ0) is 12.7. The van der Waals surface area contributed by atoms with Crippen LogP contribution in [0.4, 0.5) is 0 Å². The molecule has 5 nitrogen and oxygen atoms in total. The highest BCUT2D eigenvalue weighted by Crippen LogP contribution is 2.40. The highest BCUT2D eigenvalue weighted by atomic mass is 16.5. The Morgan fingerprint density at radius 2 is 2.22 bits per heavy atom. The fraction of sp³-hybridized carbons (Fsp3) is 0.692. The normalized spacial score (nSPS) is 28.4. The third-order valence-corrected chi connectivity index (χ3v) is 3.60. The number of carbonyl (C=O) groups excluding carboxylic acids is 1. The lowest BCUT2D eigenvalue weighted by Gasteiger charge is -2.36. The first-order valence-corrected chi connectivity index (χ1v) is 6.54. The summed E-state index contributed by atoms with van der Waals surface area (Å²) in [5.41, 5.74) is 0.429. The van der Waals surface area contributed by atoms with Gasteiger partial charge in [-0.15, -0.1) is 0 Å². The van der Waals surface area contributed by atoms with Crippen LogP contribution in [0.15, 0.2) is 10.6 Å². The van der Waals surface area contributed by atoms with Gasteiger partial charge in [-0.3, -0.25) is 4.79 Å². The molecule has 0 N–H and O–H groups in total. The zero-order valence-electron chi connectivity index (χ0n) is 10.8. The summed E-state index contributed by atoms with van der Waals surface area (Å²) in [7, 11) is 0. The Morgan fingerprint density at radius 1 is 1.44 bits per heavy atom. The second-order valence-corrected chi connectivity index (χ2v) is 5.34. The monoisotopic (exact) mass is 250 g/mol. The SMILES string of the molecule is C[C@H]1CN(C(=O)c2cc(C3CC3)on2)[C@@H](C)CO1.